The average molecular weight is 454 g/mol. The molecule has 0 saturated heterocycles. The number of hydrogen-bond acceptors (Lipinski definition) is 3. The van der Waals surface area contributed by atoms with Crippen LogP contribution < -0.4 is 0 Å². The summed E-state index contributed by atoms with van der Waals surface area (Å²) in [6, 6.07) is 0. The molecule has 23 heavy (non-hydrogen) atoms. The predicted octanol–water partition coefficient (Wildman–Crippen LogP) is 2.56. The summed E-state index contributed by atoms with van der Waals surface area (Å²) in [4.78, 5) is 10.5. The van der Waals surface area contributed by atoms with Crippen LogP contribution in [0.5, 0.6) is 0 Å². The first-order chi connectivity index (χ1) is 10.7. The Kier molecular flexibility index (Phi) is 13.4. The topological polar surface area (TPSA) is 90.3 Å². The Balaban J connectivity index is 5.11. The quantitative estimate of drug-likeness (QED) is 0.251. The molecular formula is C10H21Cl4N2O5PS. The van der Waals surface area contributed by atoms with Crippen molar-refractivity contribution in [3.8, 4) is 0 Å². The zero-order chi connectivity index (χ0) is 18.0. The fourth-order valence-corrected chi connectivity index (χ4v) is 5.27. The molecule has 0 aromatic heterocycles. The zero-order valence-corrected chi connectivity index (χ0v) is 17.2. The van der Waals surface area contributed by atoms with Gasteiger partial charge in [0, 0.05) is 43.8 Å². The molecule has 0 bridgehead atoms. The Morgan fingerprint density at radius 2 is 1.57 bits per heavy atom. The monoisotopic (exact) mass is 452 g/mol. The van der Waals surface area contributed by atoms with Gasteiger partial charge in [0.05, 0.1) is 11.5 Å². The Morgan fingerprint density at radius 3 is 1.96 bits per heavy atom. The molecule has 0 aromatic rings. The molecule has 2 N–H and O–H groups in total. The first-order valence-electron chi connectivity index (χ1n) is 6.64. The van der Waals surface area contributed by atoms with Crippen LogP contribution in [0.3, 0.4) is 0 Å². The van der Waals surface area contributed by atoms with E-state index in [1.807, 2.05) is 0 Å². The van der Waals surface area contributed by atoms with E-state index in [0.717, 1.165) is 0 Å². The molecule has 0 aliphatic rings. The van der Waals surface area contributed by atoms with Gasteiger partial charge in [-0.25, -0.2) is 9.34 Å². The Morgan fingerprint density at radius 1 is 1.13 bits per heavy atom. The predicted molar refractivity (Wildman–Crippen MR) is 96.1 cm³/mol. The normalized spacial score (nSPS) is 18.8. The van der Waals surface area contributed by atoms with Crippen molar-refractivity contribution in [3.63, 3.8) is 0 Å². The lowest BCUT2D eigenvalue weighted by Gasteiger charge is -2.35. The minimum absolute atomic E-state index is 0.0680. The van der Waals surface area contributed by atoms with E-state index < -0.39 is 30.5 Å². The molecule has 0 aliphatic carbocycles. The van der Waals surface area contributed by atoms with Crippen molar-refractivity contribution >= 4 is 65.4 Å². The van der Waals surface area contributed by atoms with Gasteiger partial charge in [0.15, 0.2) is 0 Å². The maximum Gasteiger partial charge on any atom is 0.343 e. The summed E-state index contributed by atoms with van der Waals surface area (Å²) in [6.07, 6.45) is -0.810. The Bertz CT molecular complexity index is 405. The minimum atomic E-state index is -3.96. The Hall–Kier alpha value is 1.34. The van der Waals surface area contributed by atoms with Gasteiger partial charge in [-0.1, -0.05) is 0 Å². The summed E-state index contributed by atoms with van der Waals surface area (Å²) in [5, 5.41) is -0.802. The van der Waals surface area contributed by atoms with E-state index in [1.54, 1.807) is 0 Å². The number of halogens is 4. The van der Waals surface area contributed by atoms with Crippen LogP contribution in [0.15, 0.2) is 0 Å². The highest BCUT2D eigenvalue weighted by atomic mass is 35.5. The van der Waals surface area contributed by atoms with Gasteiger partial charge in [-0.15, -0.1) is 46.4 Å². The van der Waals surface area contributed by atoms with Crippen LogP contribution in [-0.2, 0) is 20.1 Å². The standard InChI is InChI=1S/C10H21Cl4N2O5PS/c1-9(21-23(19)20)10(14)8-16(7-4-13)22(17,18)15(5-2-11)6-3-12/h9-10H,2-8H2,1H3,(H,17,18)(H,19,20). The van der Waals surface area contributed by atoms with E-state index >= 15 is 0 Å². The Labute approximate surface area is 159 Å². The molecule has 7 nitrogen and oxygen atoms in total. The second-order valence-corrected chi connectivity index (χ2v) is 8.96. The molecule has 0 radical (unpaired) electrons. The van der Waals surface area contributed by atoms with E-state index in [4.69, 9.17) is 51.0 Å². The fraction of sp³-hybridized carbons (Fsp3) is 1.00. The molecule has 0 saturated carbocycles. The summed E-state index contributed by atoms with van der Waals surface area (Å²) in [5.41, 5.74) is 0. The van der Waals surface area contributed by atoms with Crippen LogP contribution in [0.25, 0.3) is 0 Å². The smallest absolute Gasteiger partial charge is 0.322 e. The maximum atomic E-state index is 12.8. The van der Waals surface area contributed by atoms with Crippen molar-refractivity contribution in [2.45, 2.75) is 18.4 Å². The maximum absolute atomic E-state index is 12.8. The van der Waals surface area contributed by atoms with Gasteiger partial charge in [-0.05, 0) is 6.92 Å². The molecule has 140 valence electrons. The average Bonchev–Trinajstić information content (AvgIpc) is 2.45. The van der Waals surface area contributed by atoms with E-state index in [0.29, 0.717) is 0 Å². The van der Waals surface area contributed by atoms with Gasteiger partial charge < -0.3 is 4.89 Å². The highest BCUT2D eigenvalue weighted by Crippen LogP contribution is 2.49. The third kappa shape index (κ3) is 9.01. The molecule has 4 unspecified atom stereocenters. The van der Waals surface area contributed by atoms with E-state index in [2.05, 4.69) is 4.18 Å². The van der Waals surface area contributed by atoms with Crippen molar-refractivity contribution in [1.82, 2.24) is 9.34 Å². The van der Waals surface area contributed by atoms with E-state index in [-0.39, 0.29) is 43.8 Å². The van der Waals surface area contributed by atoms with Gasteiger partial charge in [0.25, 0.3) is 0 Å². The SMILES string of the molecule is CC(OS(=O)O)C(Cl)CN(CCCl)P(=O)(O)N(CCCl)CCCl. The zero-order valence-electron chi connectivity index (χ0n) is 12.5. The minimum Gasteiger partial charge on any atom is -0.322 e. The highest BCUT2D eigenvalue weighted by molar-refractivity contribution is 7.74. The molecule has 0 aliphatic heterocycles. The molecular weight excluding hydrogens is 433 g/mol. The largest absolute Gasteiger partial charge is 0.343 e. The fourth-order valence-electron chi connectivity index (χ4n) is 1.71. The van der Waals surface area contributed by atoms with E-state index in [1.165, 1.54) is 16.3 Å². The third-order valence-electron chi connectivity index (χ3n) is 2.89. The van der Waals surface area contributed by atoms with Crippen LogP contribution >= 0.6 is 54.1 Å². The van der Waals surface area contributed by atoms with Gasteiger partial charge in [0.1, 0.15) is 0 Å². The molecule has 13 heteroatoms. The van der Waals surface area contributed by atoms with Gasteiger partial charge >= 0.3 is 19.0 Å². The first kappa shape index (κ1) is 24.3. The van der Waals surface area contributed by atoms with Crippen LogP contribution in [-0.4, -0.2) is 78.3 Å². The van der Waals surface area contributed by atoms with Crippen molar-refractivity contribution in [3.05, 3.63) is 0 Å². The lowest BCUT2D eigenvalue weighted by atomic mass is 10.3. The molecule has 0 rings (SSSR count). The molecule has 0 aromatic carbocycles. The summed E-state index contributed by atoms with van der Waals surface area (Å²) in [7, 11) is -3.96. The van der Waals surface area contributed by atoms with E-state index in [9.17, 15) is 13.7 Å². The number of alkyl halides is 4. The summed E-state index contributed by atoms with van der Waals surface area (Å²) >= 11 is 20.7. The molecule has 0 fully saturated rings. The molecule has 0 spiro atoms. The summed E-state index contributed by atoms with van der Waals surface area (Å²) in [5.74, 6) is 0.415. The molecule has 0 amide bonds. The molecule has 0 heterocycles. The third-order valence-corrected chi connectivity index (χ3v) is 6.60. The summed E-state index contributed by atoms with van der Waals surface area (Å²) in [6.45, 7) is 1.85. The lowest BCUT2D eigenvalue weighted by Crippen LogP contribution is -2.40. The van der Waals surface area contributed by atoms with Crippen molar-refractivity contribution in [1.29, 1.82) is 0 Å². The number of nitrogens with zero attached hydrogens (tertiary/aromatic N) is 2. The highest BCUT2D eigenvalue weighted by Gasteiger charge is 2.36. The van der Waals surface area contributed by atoms with Crippen LogP contribution in [0.4, 0.5) is 0 Å². The van der Waals surface area contributed by atoms with Gasteiger partial charge in [-0.2, -0.15) is 4.21 Å². The van der Waals surface area contributed by atoms with Crippen molar-refractivity contribution in [2.75, 3.05) is 43.8 Å². The second-order valence-electron chi connectivity index (χ2n) is 4.48. The number of rotatable bonds is 13. The van der Waals surface area contributed by atoms with Crippen LogP contribution in [0, 0.1) is 0 Å². The summed E-state index contributed by atoms with van der Waals surface area (Å²) < 4.78 is 39.3. The lowest BCUT2D eigenvalue weighted by molar-refractivity contribution is 0.198. The van der Waals surface area contributed by atoms with Crippen molar-refractivity contribution < 1.29 is 22.4 Å². The van der Waals surface area contributed by atoms with Crippen molar-refractivity contribution in [2.24, 2.45) is 0 Å². The van der Waals surface area contributed by atoms with Gasteiger partial charge in [-0.3, -0.25) is 13.3 Å². The molecule has 4 atom stereocenters. The van der Waals surface area contributed by atoms with Crippen LogP contribution in [0.2, 0.25) is 0 Å². The second kappa shape index (κ2) is 12.7. The number of hydrogen-bond donors (Lipinski definition) is 2. The van der Waals surface area contributed by atoms with Gasteiger partial charge in [0.2, 0.25) is 0 Å². The first-order valence-corrected chi connectivity index (χ1v) is 11.3. The van der Waals surface area contributed by atoms with Crippen LogP contribution in [0.1, 0.15) is 6.92 Å².